The third kappa shape index (κ3) is 1.87. The van der Waals surface area contributed by atoms with Crippen molar-refractivity contribution < 1.29 is 9.13 Å². The second-order valence-electron chi connectivity index (χ2n) is 5.16. The summed E-state index contributed by atoms with van der Waals surface area (Å²) in [6, 6.07) is 7.41. The van der Waals surface area contributed by atoms with Gasteiger partial charge in [0.1, 0.15) is 5.82 Å². The summed E-state index contributed by atoms with van der Waals surface area (Å²) in [5.74, 6) is -0.166. The predicted octanol–water partition coefficient (Wildman–Crippen LogP) is 2.24. The van der Waals surface area contributed by atoms with Crippen LogP contribution in [-0.2, 0) is 10.2 Å². The average molecular weight is 235 g/mol. The van der Waals surface area contributed by atoms with Crippen molar-refractivity contribution in [3.63, 3.8) is 0 Å². The van der Waals surface area contributed by atoms with Gasteiger partial charge in [0.15, 0.2) is 0 Å². The minimum absolute atomic E-state index is 0.0775. The highest BCUT2D eigenvalue weighted by Crippen LogP contribution is 2.38. The number of rotatable bonds is 2. The molecule has 2 aliphatic rings. The number of nitrogens with one attached hydrogen (secondary N) is 1. The zero-order chi connectivity index (χ0) is 11.7. The minimum Gasteiger partial charge on any atom is -0.379 e. The zero-order valence-corrected chi connectivity index (χ0v) is 9.92. The van der Waals surface area contributed by atoms with Gasteiger partial charge in [0.05, 0.1) is 18.6 Å². The van der Waals surface area contributed by atoms with Crippen LogP contribution in [0.2, 0.25) is 0 Å². The lowest BCUT2D eigenvalue weighted by atomic mass is 9.70. The quantitative estimate of drug-likeness (QED) is 0.848. The van der Waals surface area contributed by atoms with Crippen molar-refractivity contribution in [2.24, 2.45) is 0 Å². The fraction of sp³-hybridized carbons (Fsp3) is 0.571. The van der Waals surface area contributed by atoms with Crippen molar-refractivity contribution in [1.82, 2.24) is 5.32 Å². The highest BCUT2D eigenvalue weighted by molar-refractivity contribution is 5.31. The average Bonchev–Trinajstić information content (AvgIpc) is 2.32. The maximum absolute atomic E-state index is 13.0. The van der Waals surface area contributed by atoms with E-state index in [1.54, 1.807) is 12.1 Å². The molecule has 0 radical (unpaired) electrons. The molecule has 2 heterocycles. The van der Waals surface area contributed by atoms with E-state index >= 15 is 0 Å². The smallest absolute Gasteiger partial charge is 0.123 e. The van der Waals surface area contributed by atoms with Gasteiger partial charge in [-0.1, -0.05) is 18.6 Å². The number of ether oxygens (including phenoxy) is 1. The van der Waals surface area contributed by atoms with E-state index < -0.39 is 0 Å². The molecule has 0 bridgehead atoms. The monoisotopic (exact) mass is 235 g/mol. The summed E-state index contributed by atoms with van der Waals surface area (Å²) in [7, 11) is 0. The van der Waals surface area contributed by atoms with E-state index in [2.05, 4.69) is 5.32 Å². The van der Waals surface area contributed by atoms with Crippen LogP contribution in [0.15, 0.2) is 24.3 Å². The van der Waals surface area contributed by atoms with Gasteiger partial charge in [-0.05, 0) is 37.1 Å². The normalized spacial score (nSPS) is 27.5. The van der Waals surface area contributed by atoms with Crippen LogP contribution in [0.1, 0.15) is 24.8 Å². The van der Waals surface area contributed by atoms with Gasteiger partial charge >= 0.3 is 0 Å². The fourth-order valence-corrected chi connectivity index (χ4v) is 3.00. The second kappa shape index (κ2) is 4.39. The summed E-state index contributed by atoms with van der Waals surface area (Å²) >= 11 is 0. The van der Waals surface area contributed by atoms with Gasteiger partial charge in [-0.25, -0.2) is 4.39 Å². The van der Waals surface area contributed by atoms with Gasteiger partial charge in [0, 0.05) is 6.04 Å². The summed E-state index contributed by atoms with van der Waals surface area (Å²) < 4.78 is 18.4. The van der Waals surface area contributed by atoms with Crippen molar-refractivity contribution in [2.75, 3.05) is 19.8 Å². The van der Waals surface area contributed by atoms with Crippen LogP contribution in [0.25, 0.3) is 0 Å². The van der Waals surface area contributed by atoms with E-state index in [4.69, 9.17) is 4.74 Å². The molecule has 2 fully saturated rings. The van der Waals surface area contributed by atoms with Crippen LogP contribution in [0.4, 0.5) is 4.39 Å². The molecule has 1 N–H and O–H groups in total. The Morgan fingerprint density at radius 1 is 1.18 bits per heavy atom. The number of benzene rings is 1. The van der Waals surface area contributed by atoms with Crippen LogP contribution in [0, 0.1) is 5.82 Å². The number of piperidine rings is 1. The summed E-state index contributed by atoms with van der Waals surface area (Å²) in [6.45, 7) is 2.61. The van der Waals surface area contributed by atoms with E-state index in [0.717, 1.165) is 19.8 Å². The van der Waals surface area contributed by atoms with Crippen LogP contribution < -0.4 is 5.32 Å². The first-order chi connectivity index (χ1) is 8.31. The van der Waals surface area contributed by atoms with Gasteiger partial charge < -0.3 is 10.1 Å². The molecule has 3 heteroatoms. The number of halogens is 1. The van der Waals surface area contributed by atoms with Crippen LogP contribution in [0.5, 0.6) is 0 Å². The second-order valence-corrected chi connectivity index (χ2v) is 5.16. The Hall–Kier alpha value is -0.930. The van der Waals surface area contributed by atoms with Crippen LogP contribution in [0.3, 0.4) is 0 Å². The van der Waals surface area contributed by atoms with E-state index in [0.29, 0.717) is 6.04 Å². The van der Waals surface area contributed by atoms with Gasteiger partial charge in [-0.3, -0.25) is 0 Å². The van der Waals surface area contributed by atoms with E-state index in [9.17, 15) is 4.39 Å². The SMILES string of the molecule is Fc1ccc(C2(C3CCCCN3)COC2)cc1. The Morgan fingerprint density at radius 2 is 1.94 bits per heavy atom. The molecule has 3 rings (SSSR count). The highest BCUT2D eigenvalue weighted by atomic mass is 19.1. The summed E-state index contributed by atoms with van der Waals surface area (Å²) in [5.41, 5.74) is 1.29. The fourth-order valence-electron chi connectivity index (χ4n) is 3.00. The largest absolute Gasteiger partial charge is 0.379 e. The Balaban J connectivity index is 1.87. The molecule has 2 nitrogen and oxygen atoms in total. The molecule has 1 atom stereocenters. The van der Waals surface area contributed by atoms with Crippen molar-refractivity contribution >= 4 is 0 Å². The summed E-state index contributed by atoms with van der Waals surface area (Å²) in [6.07, 6.45) is 3.73. The standard InChI is InChI=1S/C14H18FNO/c15-12-6-4-11(5-7-12)14(9-17-10-14)13-3-1-2-8-16-13/h4-7,13,16H,1-3,8-10H2. The van der Waals surface area contributed by atoms with Crippen LogP contribution in [-0.4, -0.2) is 25.8 Å². The van der Waals surface area contributed by atoms with Crippen LogP contribution >= 0.6 is 0 Å². The third-order valence-corrected chi connectivity index (χ3v) is 4.12. The molecule has 2 saturated heterocycles. The summed E-state index contributed by atoms with van der Waals surface area (Å²) in [5, 5.41) is 3.60. The highest BCUT2D eigenvalue weighted by Gasteiger charge is 2.47. The molecule has 0 spiro atoms. The van der Waals surface area contributed by atoms with Gasteiger partial charge in [-0.2, -0.15) is 0 Å². The zero-order valence-electron chi connectivity index (χ0n) is 9.92. The van der Waals surface area contributed by atoms with E-state index in [1.807, 2.05) is 12.1 Å². The first kappa shape index (κ1) is 11.2. The first-order valence-corrected chi connectivity index (χ1v) is 6.38. The van der Waals surface area contributed by atoms with Crippen molar-refractivity contribution in [3.05, 3.63) is 35.6 Å². The lowest BCUT2D eigenvalue weighted by Crippen LogP contribution is -2.61. The molecular formula is C14H18FNO. The van der Waals surface area contributed by atoms with Crippen molar-refractivity contribution in [3.8, 4) is 0 Å². The molecule has 1 aromatic carbocycles. The Labute approximate surface area is 101 Å². The van der Waals surface area contributed by atoms with Crippen molar-refractivity contribution in [2.45, 2.75) is 30.7 Å². The molecule has 0 amide bonds. The van der Waals surface area contributed by atoms with Crippen molar-refractivity contribution in [1.29, 1.82) is 0 Å². The Morgan fingerprint density at radius 3 is 2.47 bits per heavy atom. The Bertz CT molecular complexity index is 380. The Kier molecular flexibility index (Phi) is 2.89. The van der Waals surface area contributed by atoms with E-state index in [-0.39, 0.29) is 11.2 Å². The molecule has 17 heavy (non-hydrogen) atoms. The maximum atomic E-state index is 13.0. The minimum atomic E-state index is -0.166. The maximum Gasteiger partial charge on any atom is 0.123 e. The first-order valence-electron chi connectivity index (χ1n) is 6.38. The number of hydrogen-bond donors (Lipinski definition) is 1. The van der Waals surface area contributed by atoms with Gasteiger partial charge in [0.2, 0.25) is 0 Å². The lowest BCUT2D eigenvalue weighted by molar-refractivity contribution is -0.0827. The molecule has 0 saturated carbocycles. The third-order valence-electron chi connectivity index (χ3n) is 4.12. The molecule has 0 aliphatic carbocycles. The van der Waals surface area contributed by atoms with E-state index in [1.165, 1.54) is 24.8 Å². The van der Waals surface area contributed by atoms with Gasteiger partial charge in [-0.15, -0.1) is 0 Å². The molecule has 1 unspecified atom stereocenters. The van der Waals surface area contributed by atoms with Gasteiger partial charge in [0.25, 0.3) is 0 Å². The molecule has 1 aromatic rings. The topological polar surface area (TPSA) is 21.3 Å². The molecule has 2 aliphatic heterocycles. The summed E-state index contributed by atoms with van der Waals surface area (Å²) in [4.78, 5) is 0. The predicted molar refractivity (Wildman–Crippen MR) is 64.5 cm³/mol. The lowest BCUT2D eigenvalue weighted by Gasteiger charge is -2.49. The molecular weight excluding hydrogens is 217 g/mol. The molecule has 0 aromatic heterocycles. The molecule has 92 valence electrons. The number of hydrogen-bond acceptors (Lipinski definition) is 2.